The number of carbonyl (C=O) groups is 1. The molecule has 2 rings (SSSR count). The number of carboxylic acids is 1. The van der Waals surface area contributed by atoms with Gasteiger partial charge in [0.2, 0.25) is 0 Å². The number of aliphatic hydroxyl groups is 1. The van der Waals surface area contributed by atoms with Crippen molar-refractivity contribution < 1.29 is 15.0 Å². The first-order chi connectivity index (χ1) is 7.63. The third-order valence-electron chi connectivity index (χ3n) is 3.09. The lowest BCUT2D eigenvalue weighted by molar-refractivity contribution is -0.138. The van der Waals surface area contributed by atoms with Crippen LogP contribution >= 0.6 is 0 Å². The summed E-state index contributed by atoms with van der Waals surface area (Å²) in [6.45, 7) is 2.41. The Bertz CT molecular complexity index is 417. The Morgan fingerprint density at radius 2 is 2.31 bits per heavy atom. The number of hydrogen-bond acceptors (Lipinski definition) is 3. The van der Waals surface area contributed by atoms with Gasteiger partial charge in [-0.15, -0.1) is 0 Å². The van der Waals surface area contributed by atoms with Crippen LogP contribution < -0.4 is 4.90 Å². The van der Waals surface area contributed by atoms with Gasteiger partial charge in [-0.1, -0.05) is 12.1 Å². The highest BCUT2D eigenvalue weighted by atomic mass is 16.4. The maximum atomic E-state index is 11.0. The highest BCUT2D eigenvalue weighted by Gasteiger charge is 2.27. The Labute approximate surface area is 94.1 Å². The Morgan fingerprint density at radius 1 is 1.56 bits per heavy atom. The minimum Gasteiger partial charge on any atom is -0.480 e. The predicted molar refractivity (Wildman–Crippen MR) is 60.5 cm³/mol. The van der Waals surface area contributed by atoms with Crippen molar-refractivity contribution in [2.45, 2.75) is 26.0 Å². The van der Waals surface area contributed by atoms with Crippen LogP contribution in [0.25, 0.3) is 0 Å². The second-order valence-electron chi connectivity index (χ2n) is 4.08. The number of carboxylic acid groups (broad SMARTS) is 1. The molecule has 0 saturated carbocycles. The van der Waals surface area contributed by atoms with Crippen molar-refractivity contribution in [2.24, 2.45) is 0 Å². The fraction of sp³-hybridized carbons (Fsp3) is 0.417. The Morgan fingerprint density at radius 3 is 2.94 bits per heavy atom. The van der Waals surface area contributed by atoms with Crippen LogP contribution in [0.1, 0.15) is 18.1 Å². The van der Waals surface area contributed by atoms with E-state index >= 15 is 0 Å². The number of benzene rings is 1. The first-order valence-corrected chi connectivity index (χ1v) is 5.35. The van der Waals surface area contributed by atoms with E-state index in [0.717, 1.165) is 29.8 Å². The average Bonchev–Trinajstić information content (AvgIpc) is 2.70. The molecule has 86 valence electrons. The highest BCUT2D eigenvalue weighted by Crippen LogP contribution is 2.30. The van der Waals surface area contributed by atoms with Crippen LogP contribution in [0, 0.1) is 0 Å². The van der Waals surface area contributed by atoms with Crippen LogP contribution in [-0.2, 0) is 17.8 Å². The molecule has 4 heteroatoms. The standard InChI is InChI=1S/C12H15NO3/c1-8(12(15)16)13-5-4-10-3-2-9(7-14)6-11(10)13/h2-3,6,8,14H,4-5,7H2,1H3,(H,15,16)/t8-/m1/s1. The van der Waals surface area contributed by atoms with Gasteiger partial charge in [-0.25, -0.2) is 4.79 Å². The minimum atomic E-state index is -0.817. The van der Waals surface area contributed by atoms with Gasteiger partial charge in [0.25, 0.3) is 0 Å². The number of hydrogen-bond donors (Lipinski definition) is 2. The molecule has 0 bridgehead atoms. The molecule has 16 heavy (non-hydrogen) atoms. The van der Waals surface area contributed by atoms with Gasteiger partial charge in [0.1, 0.15) is 6.04 Å². The maximum absolute atomic E-state index is 11.0. The van der Waals surface area contributed by atoms with Gasteiger partial charge < -0.3 is 15.1 Å². The fourth-order valence-corrected chi connectivity index (χ4v) is 2.08. The van der Waals surface area contributed by atoms with Crippen LogP contribution in [0.3, 0.4) is 0 Å². The molecule has 1 aliphatic heterocycles. The highest BCUT2D eigenvalue weighted by molar-refractivity contribution is 5.79. The van der Waals surface area contributed by atoms with E-state index in [0.29, 0.717) is 0 Å². The summed E-state index contributed by atoms with van der Waals surface area (Å²) in [5, 5.41) is 18.1. The van der Waals surface area contributed by atoms with Gasteiger partial charge in [-0.2, -0.15) is 0 Å². The van der Waals surface area contributed by atoms with Crippen molar-refractivity contribution in [2.75, 3.05) is 11.4 Å². The van der Waals surface area contributed by atoms with E-state index in [2.05, 4.69) is 0 Å². The fourth-order valence-electron chi connectivity index (χ4n) is 2.08. The van der Waals surface area contributed by atoms with Crippen molar-refractivity contribution in [3.05, 3.63) is 29.3 Å². The quantitative estimate of drug-likeness (QED) is 0.799. The van der Waals surface area contributed by atoms with Crippen molar-refractivity contribution in [3.8, 4) is 0 Å². The number of nitrogens with zero attached hydrogens (tertiary/aromatic N) is 1. The first-order valence-electron chi connectivity index (χ1n) is 5.35. The van der Waals surface area contributed by atoms with Crippen LogP contribution in [-0.4, -0.2) is 28.8 Å². The molecule has 1 heterocycles. The number of rotatable bonds is 3. The van der Waals surface area contributed by atoms with Crippen molar-refractivity contribution in [1.29, 1.82) is 0 Å². The average molecular weight is 221 g/mol. The van der Waals surface area contributed by atoms with Gasteiger partial charge in [-0.3, -0.25) is 0 Å². The third-order valence-corrected chi connectivity index (χ3v) is 3.09. The molecule has 0 aromatic heterocycles. The second kappa shape index (κ2) is 4.14. The predicted octanol–water partition coefficient (Wildman–Crippen LogP) is 1.01. The van der Waals surface area contributed by atoms with E-state index in [4.69, 9.17) is 10.2 Å². The third kappa shape index (κ3) is 1.76. The molecule has 0 amide bonds. The summed E-state index contributed by atoms with van der Waals surface area (Å²) in [6, 6.07) is 5.21. The van der Waals surface area contributed by atoms with Crippen molar-refractivity contribution >= 4 is 11.7 Å². The molecule has 0 radical (unpaired) electrons. The lowest BCUT2D eigenvalue weighted by Crippen LogP contribution is -2.37. The Kier molecular flexibility index (Phi) is 2.83. The normalized spacial score (nSPS) is 16.0. The summed E-state index contributed by atoms with van der Waals surface area (Å²) >= 11 is 0. The van der Waals surface area contributed by atoms with Gasteiger partial charge in [0.05, 0.1) is 6.61 Å². The molecule has 0 unspecified atom stereocenters. The van der Waals surface area contributed by atoms with Crippen molar-refractivity contribution in [3.63, 3.8) is 0 Å². The van der Waals surface area contributed by atoms with Gasteiger partial charge in [0, 0.05) is 12.2 Å². The molecule has 1 aromatic carbocycles. The van der Waals surface area contributed by atoms with E-state index in [1.54, 1.807) is 6.92 Å². The van der Waals surface area contributed by atoms with E-state index in [9.17, 15) is 4.79 Å². The molecule has 0 saturated heterocycles. The molecule has 0 aliphatic carbocycles. The first kappa shape index (κ1) is 11.0. The summed E-state index contributed by atoms with van der Waals surface area (Å²) in [6.07, 6.45) is 0.874. The molecule has 1 aromatic rings. The van der Waals surface area contributed by atoms with E-state index in [-0.39, 0.29) is 6.61 Å². The van der Waals surface area contributed by atoms with Gasteiger partial charge >= 0.3 is 5.97 Å². The SMILES string of the molecule is C[C@H](C(=O)O)N1CCc2ccc(CO)cc21. The summed E-state index contributed by atoms with van der Waals surface area (Å²) in [5.41, 5.74) is 2.93. The van der Waals surface area contributed by atoms with Crippen molar-refractivity contribution in [1.82, 2.24) is 0 Å². The van der Waals surface area contributed by atoms with Crippen LogP contribution in [0.15, 0.2) is 18.2 Å². The topological polar surface area (TPSA) is 60.8 Å². The van der Waals surface area contributed by atoms with Crippen LogP contribution in [0.4, 0.5) is 5.69 Å². The zero-order chi connectivity index (χ0) is 11.7. The molecule has 2 N–H and O–H groups in total. The Hall–Kier alpha value is -1.55. The smallest absolute Gasteiger partial charge is 0.326 e. The molecular formula is C12H15NO3. The van der Waals surface area contributed by atoms with Crippen LogP contribution in [0.2, 0.25) is 0 Å². The van der Waals surface area contributed by atoms with Gasteiger partial charge in [0.15, 0.2) is 0 Å². The number of aliphatic carboxylic acids is 1. The zero-order valence-corrected chi connectivity index (χ0v) is 9.18. The maximum Gasteiger partial charge on any atom is 0.326 e. The van der Waals surface area contributed by atoms with Crippen LogP contribution in [0.5, 0.6) is 0 Å². The number of aliphatic hydroxyl groups excluding tert-OH is 1. The number of fused-ring (bicyclic) bond motifs is 1. The summed E-state index contributed by atoms with van der Waals surface area (Å²) in [4.78, 5) is 12.8. The summed E-state index contributed by atoms with van der Waals surface area (Å²) < 4.78 is 0. The molecule has 1 atom stereocenters. The number of anilines is 1. The minimum absolute atomic E-state index is 0.0113. The molecular weight excluding hydrogens is 206 g/mol. The summed E-state index contributed by atoms with van der Waals surface area (Å²) in [7, 11) is 0. The van der Waals surface area contributed by atoms with E-state index in [1.807, 2.05) is 23.1 Å². The van der Waals surface area contributed by atoms with E-state index in [1.165, 1.54) is 0 Å². The zero-order valence-electron chi connectivity index (χ0n) is 9.18. The van der Waals surface area contributed by atoms with E-state index < -0.39 is 12.0 Å². The lowest BCUT2D eigenvalue weighted by Gasteiger charge is -2.24. The second-order valence-corrected chi connectivity index (χ2v) is 4.08. The molecule has 0 fully saturated rings. The molecule has 1 aliphatic rings. The molecule has 0 spiro atoms. The molecule has 4 nitrogen and oxygen atoms in total. The lowest BCUT2D eigenvalue weighted by atomic mass is 10.1. The summed E-state index contributed by atoms with van der Waals surface area (Å²) in [5.74, 6) is -0.817. The van der Waals surface area contributed by atoms with Gasteiger partial charge in [-0.05, 0) is 30.5 Å². The monoisotopic (exact) mass is 221 g/mol. The Balaban J connectivity index is 2.34. The largest absolute Gasteiger partial charge is 0.480 e.